The Morgan fingerprint density at radius 1 is 1.32 bits per heavy atom. The van der Waals surface area contributed by atoms with E-state index in [1.54, 1.807) is 31.3 Å². The van der Waals surface area contributed by atoms with Crippen LogP contribution in [-0.4, -0.2) is 34.2 Å². The maximum atomic E-state index is 12.2. The van der Waals surface area contributed by atoms with Crippen molar-refractivity contribution < 1.29 is 13.2 Å². The molecule has 2 atom stereocenters. The molecule has 2 rings (SSSR count). The quantitative estimate of drug-likeness (QED) is 0.861. The Morgan fingerprint density at radius 3 is 2.53 bits per heavy atom. The minimum atomic E-state index is -3.48. The molecule has 1 aliphatic rings. The van der Waals surface area contributed by atoms with Crippen LogP contribution >= 0.6 is 0 Å². The monoisotopic (exact) mass is 284 g/mol. The van der Waals surface area contributed by atoms with E-state index in [1.807, 2.05) is 6.92 Å². The van der Waals surface area contributed by atoms with E-state index in [1.165, 1.54) is 0 Å². The van der Waals surface area contributed by atoms with Gasteiger partial charge in [0.2, 0.25) is 10.0 Å². The number of hydrogen-bond acceptors (Lipinski definition) is 4. The number of rotatable bonds is 5. The molecule has 0 spiro atoms. The van der Waals surface area contributed by atoms with E-state index in [4.69, 9.17) is 4.74 Å². The Kier molecular flexibility index (Phi) is 4.44. The summed E-state index contributed by atoms with van der Waals surface area (Å²) < 4.78 is 32.6. The molecule has 0 radical (unpaired) electrons. The van der Waals surface area contributed by atoms with Gasteiger partial charge >= 0.3 is 0 Å². The standard InChI is InChI=1S/C13H20N2O3S/c1-10(13-4-3-9-18-13)15-19(16,17)12-7-5-11(14-2)6-8-12/h5-8,10,13-15H,3-4,9H2,1-2H3. The average Bonchev–Trinajstić information content (AvgIpc) is 2.92. The molecule has 5 nitrogen and oxygen atoms in total. The third-order valence-corrected chi connectivity index (χ3v) is 4.89. The largest absolute Gasteiger partial charge is 0.388 e. The van der Waals surface area contributed by atoms with Crippen LogP contribution in [-0.2, 0) is 14.8 Å². The zero-order valence-electron chi connectivity index (χ0n) is 11.2. The molecular weight excluding hydrogens is 264 g/mol. The van der Waals surface area contributed by atoms with Crippen molar-refractivity contribution in [1.82, 2.24) is 4.72 Å². The Bertz CT molecular complexity index is 507. The van der Waals surface area contributed by atoms with E-state index in [9.17, 15) is 8.42 Å². The van der Waals surface area contributed by atoms with Crippen LogP contribution in [0, 0.1) is 0 Å². The van der Waals surface area contributed by atoms with Gasteiger partial charge < -0.3 is 10.1 Å². The van der Waals surface area contributed by atoms with E-state index < -0.39 is 10.0 Å². The first kappa shape index (κ1) is 14.3. The second-order valence-electron chi connectivity index (χ2n) is 4.74. The lowest BCUT2D eigenvalue weighted by molar-refractivity contribution is 0.0902. The highest BCUT2D eigenvalue weighted by molar-refractivity contribution is 7.89. The average molecular weight is 284 g/mol. The number of nitrogens with one attached hydrogen (secondary N) is 2. The smallest absolute Gasteiger partial charge is 0.240 e. The minimum absolute atomic E-state index is 0.0219. The van der Waals surface area contributed by atoms with E-state index in [-0.39, 0.29) is 17.0 Å². The summed E-state index contributed by atoms with van der Waals surface area (Å²) in [5.41, 5.74) is 0.881. The highest BCUT2D eigenvalue weighted by atomic mass is 32.2. The normalized spacial score (nSPS) is 21.3. The van der Waals surface area contributed by atoms with Crippen molar-refractivity contribution in [3.8, 4) is 0 Å². The molecule has 2 unspecified atom stereocenters. The summed E-state index contributed by atoms with van der Waals surface area (Å²) in [6, 6.07) is 6.46. The summed E-state index contributed by atoms with van der Waals surface area (Å²) in [5, 5.41) is 2.96. The topological polar surface area (TPSA) is 67.4 Å². The molecule has 2 N–H and O–H groups in total. The molecule has 1 fully saturated rings. The van der Waals surface area contributed by atoms with Crippen LogP contribution in [0.2, 0.25) is 0 Å². The molecule has 0 saturated carbocycles. The van der Waals surface area contributed by atoms with Gasteiger partial charge in [0.1, 0.15) is 0 Å². The van der Waals surface area contributed by atoms with Gasteiger partial charge in [-0.2, -0.15) is 0 Å². The van der Waals surface area contributed by atoms with Crippen molar-refractivity contribution >= 4 is 15.7 Å². The fourth-order valence-electron chi connectivity index (χ4n) is 2.19. The number of sulfonamides is 1. The van der Waals surface area contributed by atoms with E-state index in [0.717, 1.165) is 18.5 Å². The van der Waals surface area contributed by atoms with Gasteiger partial charge in [-0.25, -0.2) is 13.1 Å². The molecule has 1 saturated heterocycles. The molecule has 0 aromatic heterocycles. The van der Waals surface area contributed by atoms with Crippen molar-refractivity contribution in [2.24, 2.45) is 0 Å². The van der Waals surface area contributed by atoms with Crippen LogP contribution in [0.1, 0.15) is 19.8 Å². The van der Waals surface area contributed by atoms with Gasteiger partial charge in [-0.15, -0.1) is 0 Å². The van der Waals surface area contributed by atoms with Crippen molar-refractivity contribution in [3.05, 3.63) is 24.3 Å². The van der Waals surface area contributed by atoms with Crippen LogP contribution in [0.3, 0.4) is 0 Å². The molecule has 0 aliphatic carbocycles. The molecule has 1 aliphatic heterocycles. The zero-order valence-corrected chi connectivity index (χ0v) is 12.0. The lowest BCUT2D eigenvalue weighted by Crippen LogP contribution is -2.40. The molecule has 1 aromatic rings. The fraction of sp³-hybridized carbons (Fsp3) is 0.538. The number of benzene rings is 1. The number of hydrogen-bond donors (Lipinski definition) is 2. The van der Waals surface area contributed by atoms with Gasteiger partial charge in [0.15, 0.2) is 0 Å². The van der Waals surface area contributed by atoms with Crippen LogP contribution in [0.5, 0.6) is 0 Å². The highest BCUT2D eigenvalue weighted by Gasteiger charge is 2.26. The summed E-state index contributed by atoms with van der Waals surface area (Å²) in [4.78, 5) is 0.274. The molecular formula is C13H20N2O3S. The summed E-state index contributed by atoms with van der Waals surface area (Å²) in [7, 11) is -1.69. The third-order valence-electron chi connectivity index (χ3n) is 3.32. The number of ether oxygens (including phenoxy) is 1. The summed E-state index contributed by atoms with van der Waals surface area (Å²) >= 11 is 0. The first-order chi connectivity index (χ1) is 9.03. The van der Waals surface area contributed by atoms with E-state index in [0.29, 0.717) is 6.61 Å². The molecule has 1 aromatic carbocycles. The Hall–Kier alpha value is -1.11. The van der Waals surface area contributed by atoms with Crippen molar-refractivity contribution in [1.29, 1.82) is 0 Å². The Labute approximate surface area is 114 Å². The van der Waals surface area contributed by atoms with Crippen molar-refractivity contribution in [2.45, 2.75) is 36.8 Å². The summed E-state index contributed by atoms with van der Waals surface area (Å²) in [5.74, 6) is 0. The molecule has 6 heteroatoms. The molecule has 19 heavy (non-hydrogen) atoms. The van der Waals surface area contributed by atoms with E-state index in [2.05, 4.69) is 10.0 Å². The number of anilines is 1. The van der Waals surface area contributed by atoms with E-state index >= 15 is 0 Å². The van der Waals surface area contributed by atoms with Gasteiger partial charge in [0.25, 0.3) is 0 Å². The maximum absolute atomic E-state index is 12.2. The van der Waals surface area contributed by atoms with Gasteiger partial charge in [-0.3, -0.25) is 0 Å². The third kappa shape index (κ3) is 3.46. The Balaban J connectivity index is 2.08. The molecule has 0 bridgehead atoms. The second-order valence-corrected chi connectivity index (χ2v) is 6.45. The van der Waals surface area contributed by atoms with Crippen LogP contribution < -0.4 is 10.0 Å². The lowest BCUT2D eigenvalue weighted by Gasteiger charge is -2.20. The first-order valence-electron chi connectivity index (χ1n) is 6.44. The highest BCUT2D eigenvalue weighted by Crippen LogP contribution is 2.18. The SMILES string of the molecule is CNc1ccc(S(=O)(=O)NC(C)C2CCCO2)cc1. The Morgan fingerprint density at radius 2 is 2.00 bits per heavy atom. The second kappa shape index (κ2) is 5.90. The maximum Gasteiger partial charge on any atom is 0.240 e. The van der Waals surface area contributed by atoms with Gasteiger partial charge in [-0.05, 0) is 44.0 Å². The van der Waals surface area contributed by atoms with Crippen LogP contribution in [0.15, 0.2) is 29.2 Å². The van der Waals surface area contributed by atoms with Crippen LogP contribution in [0.25, 0.3) is 0 Å². The summed E-state index contributed by atoms with van der Waals surface area (Å²) in [6.07, 6.45) is 1.88. The van der Waals surface area contributed by atoms with Crippen molar-refractivity contribution in [2.75, 3.05) is 19.0 Å². The minimum Gasteiger partial charge on any atom is -0.388 e. The predicted octanol–water partition coefficient (Wildman–Crippen LogP) is 1.57. The summed E-state index contributed by atoms with van der Waals surface area (Å²) in [6.45, 7) is 2.56. The molecule has 0 amide bonds. The van der Waals surface area contributed by atoms with Crippen molar-refractivity contribution in [3.63, 3.8) is 0 Å². The van der Waals surface area contributed by atoms with Gasteiger partial charge in [-0.1, -0.05) is 0 Å². The van der Waals surface area contributed by atoms with Crippen LogP contribution in [0.4, 0.5) is 5.69 Å². The first-order valence-corrected chi connectivity index (χ1v) is 7.93. The van der Waals surface area contributed by atoms with Gasteiger partial charge in [0.05, 0.1) is 11.0 Å². The molecule has 1 heterocycles. The predicted molar refractivity (Wildman–Crippen MR) is 74.7 cm³/mol. The lowest BCUT2D eigenvalue weighted by atomic mass is 10.1. The molecule has 106 valence electrons. The van der Waals surface area contributed by atoms with Gasteiger partial charge in [0, 0.05) is 25.4 Å². The fourth-order valence-corrected chi connectivity index (χ4v) is 3.46. The zero-order chi connectivity index (χ0) is 13.9.